The second kappa shape index (κ2) is 12.7. The Bertz CT molecular complexity index is 1580. The van der Waals surface area contributed by atoms with Crippen molar-refractivity contribution in [3.8, 4) is 0 Å². The molecule has 41 heavy (non-hydrogen) atoms. The monoisotopic (exact) mass is 547 g/mol. The number of carbonyl (C=O) groups excluding carboxylic acids is 2. The van der Waals surface area contributed by atoms with E-state index in [1.165, 1.54) is 0 Å². The Morgan fingerprint density at radius 3 is 2.41 bits per heavy atom. The average molecular weight is 548 g/mol. The van der Waals surface area contributed by atoms with Crippen LogP contribution in [0.25, 0.3) is 17.0 Å². The predicted octanol–water partition coefficient (Wildman–Crippen LogP) is 6.17. The van der Waals surface area contributed by atoms with E-state index < -0.39 is 0 Å². The van der Waals surface area contributed by atoms with Gasteiger partial charge in [0.2, 0.25) is 11.8 Å². The molecule has 4 aromatic rings. The van der Waals surface area contributed by atoms with E-state index in [-0.39, 0.29) is 11.8 Å². The van der Waals surface area contributed by atoms with E-state index in [9.17, 15) is 9.59 Å². The van der Waals surface area contributed by atoms with Gasteiger partial charge < -0.3 is 15.5 Å². The topological polar surface area (TPSA) is 90.1 Å². The van der Waals surface area contributed by atoms with Crippen LogP contribution in [0, 0.1) is 12.8 Å². The molecule has 3 aromatic carbocycles. The third kappa shape index (κ3) is 7.31. The number of hydrogen-bond donors (Lipinski definition) is 3. The van der Waals surface area contributed by atoms with Crippen LogP contribution in [0.1, 0.15) is 41.6 Å². The first kappa shape index (κ1) is 27.9. The molecule has 0 aliphatic heterocycles. The number of nitrogens with one attached hydrogen (secondary N) is 3. The zero-order chi connectivity index (χ0) is 28.8. The van der Waals surface area contributed by atoms with Crippen LogP contribution in [0.2, 0.25) is 0 Å². The highest BCUT2D eigenvalue weighted by Crippen LogP contribution is 2.28. The lowest BCUT2D eigenvalue weighted by molar-refractivity contribution is -0.120. The highest BCUT2D eigenvalue weighted by Gasteiger charge is 2.16. The molecule has 1 heterocycles. The van der Waals surface area contributed by atoms with Crippen LogP contribution in [0.3, 0.4) is 0 Å². The van der Waals surface area contributed by atoms with E-state index >= 15 is 0 Å². The number of H-pyrrole nitrogens is 1. The van der Waals surface area contributed by atoms with Crippen LogP contribution >= 0.6 is 0 Å². The van der Waals surface area contributed by atoms with Crippen molar-refractivity contribution in [3.05, 3.63) is 107 Å². The van der Waals surface area contributed by atoms with Gasteiger partial charge in [-0.2, -0.15) is 5.10 Å². The largest absolute Gasteiger partial charge is 0.378 e. The van der Waals surface area contributed by atoms with Crippen molar-refractivity contribution in [1.82, 2.24) is 15.5 Å². The number of aryl methyl sites for hydroxylation is 1. The molecule has 1 atom stereocenters. The van der Waals surface area contributed by atoms with Gasteiger partial charge in [-0.05, 0) is 79.1 Å². The normalized spacial score (nSPS) is 15.1. The van der Waals surface area contributed by atoms with E-state index in [1.54, 1.807) is 0 Å². The minimum absolute atomic E-state index is 0.00832. The molecule has 1 unspecified atom stereocenters. The minimum atomic E-state index is -0.0478. The molecule has 210 valence electrons. The maximum atomic E-state index is 12.7. The molecule has 5 rings (SSSR count). The second-order valence-corrected chi connectivity index (χ2v) is 10.9. The Labute approximate surface area is 241 Å². The summed E-state index contributed by atoms with van der Waals surface area (Å²) >= 11 is 0. The van der Waals surface area contributed by atoms with Crippen molar-refractivity contribution in [1.29, 1.82) is 0 Å². The SMILES string of the molecule is Cc1cc2[nH]nc(/C=C/C3CCC=C(NC(=O)Cc4ccc(N(C)C)cc4)C3)c2cc1NC(=O)Cc1ccccc1. The summed E-state index contributed by atoms with van der Waals surface area (Å²) in [7, 11) is 4.01. The summed E-state index contributed by atoms with van der Waals surface area (Å²) in [6, 6.07) is 21.8. The van der Waals surface area contributed by atoms with Crippen molar-refractivity contribution < 1.29 is 9.59 Å². The third-order valence-corrected chi connectivity index (χ3v) is 7.47. The molecule has 3 N–H and O–H groups in total. The average Bonchev–Trinajstić information content (AvgIpc) is 3.34. The summed E-state index contributed by atoms with van der Waals surface area (Å²) in [5.74, 6) is 0.263. The molecule has 0 spiro atoms. The van der Waals surface area contributed by atoms with Gasteiger partial charge in [0.15, 0.2) is 0 Å². The number of anilines is 2. The zero-order valence-corrected chi connectivity index (χ0v) is 23.9. The van der Waals surface area contributed by atoms with Crippen molar-refractivity contribution >= 4 is 40.2 Å². The lowest BCUT2D eigenvalue weighted by atomic mass is 9.91. The number of hydrogen-bond acceptors (Lipinski definition) is 4. The molecule has 0 bridgehead atoms. The molecular formula is C34H37N5O2. The molecule has 0 saturated heterocycles. The van der Waals surface area contributed by atoms with Crippen LogP contribution in [0.4, 0.5) is 11.4 Å². The van der Waals surface area contributed by atoms with Gasteiger partial charge >= 0.3 is 0 Å². The Morgan fingerprint density at radius 1 is 0.976 bits per heavy atom. The van der Waals surface area contributed by atoms with Crippen LogP contribution < -0.4 is 15.5 Å². The summed E-state index contributed by atoms with van der Waals surface area (Å²) in [5, 5.41) is 14.8. The highest BCUT2D eigenvalue weighted by atomic mass is 16.2. The number of aromatic nitrogens is 2. The van der Waals surface area contributed by atoms with E-state index in [0.717, 1.165) is 69.6 Å². The first-order valence-corrected chi connectivity index (χ1v) is 14.1. The molecule has 2 amide bonds. The van der Waals surface area contributed by atoms with E-state index in [1.807, 2.05) is 98.7 Å². The van der Waals surface area contributed by atoms with Gasteiger partial charge in [0, 0.05) is 36.6 Å². The second-order valence-electron chi connectivity index (χ2n) is 10.9. The third-order valence-electron chi connectivity index (χ3n) is 7.47. The number of nitrogens with zero attached hydrogens (tertiary/aromatic N) is 2. The van der Waals surface area contributed by atoms with Crippen LogP contribution in [0.15, 0.2) is 84.6 Å². The molecule has 7 heteroatoms. The number of aromatic amines is 1. The molecule has 1 aliphatic rings. The maximum Gasteiger partial charge on any atom is 0.228 e. The molecule has 1 aromatic heterocycles. The first-order valence-electron chi connectivity index (χ1n) is 14.1. The number of benzene rings is 3. The summed E-state index contributed by atoms with van der Waals surface area (Å²) in [5.41, 5.74) is 7.59. The van der Waals surface area contributed by atoms with Gasteiger partial charge in [-0.1, -0.05) is 54.6 Å². The lowest BCUT2D eigenvalue weighted by Crippen LogP contribution is -2.27. The van der Waals surface area contributed by atoms with Crippen molar-refractivity contribution in [2.45, 2.75) is 39.0 Å². The van der Waals surface area contributed by atoms with Gasteiger partial charge in [-0.15, -0.1) is 0 Å². The van der Waals surface area contributed by atoms with Gasteiger partial charge in [-0.25, -0.2) is 0 Å². The fourth-order valence-electron chi connectivity index (χ4n) is 5.18. The molecule has 1 aliphatic carbocycles. The van der Waals surface area contributed by atoms with Crippen molar-refractivity contribution in [3.63, 3.8) is 0 Å². The van der Waals surface area contributed by atoms with Gasteiger partial charge in [0.1, 0.15) is 0 Å². The highest BCUT2D eigenvalue weighted by molar-refractivity contribution is 5.97. The Hall–Kier alpha value is -4.65. The van der Waals surface area contributed by atoms with E-state index in [2.05, 4.69) is 33.0 Å². The Balaban J connectivity index is 1.20. The quantitative estimate of drug-likeness (QED) is 0.234. The smallest absolute Gasteiger partial charge is 0.228 e. The minimum Gasteiger partial charge on any atom is -0.378 e. The number of fused-ring (bicyclic) bond motifs is 1. The fourth-order valence-corrected chi connectivity index (χ4v) is 5.18. The molecule has 0 fully saturated rings. The molecule has 7 nitrogen and oxygen atoms in total. The number of rotatable bonds is 9. The lowest BCUT2D eigenvalue weighted by Gasteiger charge is -2.20. The summed E-state index contributed by atoms with van der Waals surface area (Å²) in [6.07, 6.45) is 9.76. The van der Waals surface area contributed by atoms with Gasteiger partial charge in [0.25, 0.3) is 0 Å². The Kier molecular flexibility index (Phi) is 8.63. The van der Waals surface area contributed by atoms with Crippen molar-refractivity contribution in [2.75, 3.05) is 24.3 Å². The molecule has 0 radical (unpaired) electrons. The zero-order valence-electron chi connectivity index (χ0n) is 23.9. The van der Waals surface area contributed by atoms with E-state index in [4.69, 9.17) is 0 Å². The van der Waals surface area contributed by atoms with E-state index in [0.29, 0.717) is 18.8 Å². The van der Waals surface area contributed by atoms with Crippen molar-refractivity contribution in [2.24, 2.45) is 5.92 Å². The summed E-state index contributed by atoms with van der Waals surface area (Å²) < 4.78 is 0. The summed E-state index contributed by atoms with van der Waals surface area (Å²) in [4.78, 5) is 27.4. The molecular weight excluding hydrogens is 510 g/mol. The fraction of sp³-hybridized carbons (Fsp3) is 0.265. The summed E-state index contributed by atoms with van der Waals surface area (Å²) in [6.45, 7) is 1.98. The van der Waals surface area contributed by atoms with Crippen LogP contribution in [-0.2, 0) is 22.4 Å². The van der Waals surface area contributed by atoms with Gasteiger partial charge in [-0.3, -0.25) is 14.7 Å². The number of amides is 2. The standard InChI is InChI=1S/C34H37N5O2/c1-23-18-32-29(22-31(23)36-34(41)20-24-8-5-4-6-9-24)30(37-38-32)17-14-25-10-7-11-27(19-25)35-33(40)21-26-12-15-28(16-13-26)39(2)3/h4-6,8-9,11-18,22,25H,7,10,19-21H2,1-3H3,(H,35,40)(H,36,41)(H,37,38)/b17-14+. The Morgan fingerprint density at radius 2 is 1.68 bits per heavy atom. The first-order chi connectivity index (χ1) is 19.8. The number of allylic oxidation sites excluding steroid dienone is 3. The maximum absolute atomic E-state index is 12.7. The van der Waals surface area contributed by atoms with Gasteiger partial charge in [0.05, 0.1) is 24.1 Å². The predicted molar refractivity (Wildman–Crippen MR) is 167 cm³/mol. The van der Waals surface area contributed by atoms with Crippen LogP contribution in [-0.4, -0.2) is 36.1 Å². The molecule has 0 saturated carbocycles. The van der Waals surface area contributed by atoms with Crippen LogP contribution in [0.5, 0.6) is 0 Å². The number of carbonyl (C=O) groups is 2.